The fraction of sp³-hybridized carbons (Fsp3) is 0.125. The third-order valence-electron chi connectivity index (χ3n) is 3.68. The number of rotatable bonds is 3. The van der Waals surface area contributed by atoms with Crippen LogP contribution in [0.4, 0.5) is 11.4 Å². The quantitative estimate of drug-likeness (QED) is 0.904. The van der Waals surface area contributed by atoms with Crippen molar-refractivity contribution >= 4 is 23.3 Å². The van der Waals surface area contributed by atoms with E-state index in [9.17, 15) is 19.8 Å². The molecule has 0 saturated carbocycles. The summed E-state index contributed by atoms with van der Waals surface area (Å²) in [4.78, 5) is 24.8. The lowest BCUT2D eigenvalue weighted by atomic mass is 9.95. The number of fused-ring (bicyclic) bond motifs is 1. The van der Waals surface area contributed by atoms with Crippen molar-refractivity contribution in [3.05, 3.63) is 60.2 Å². The van der Waals surface area contributed by atoms with Crippen molar-refractivity contribution in [1.82, 2.24) is 0 Å². The molecule has 21 heavy (non-hydrogen) atoms. The maximum atomic E-state index is 11.7. The Hall–Kier alpha value is -2.82. The van der Waals surface area contributed by atoms with Crippen LogP contribution in [0.25, 0.3) is 0 Å². The topological polar surface area (TPSA) is 77.8 Å². The minimum absolute atomic E-state index is 0.529. The van der Waals surface area contributed by atoms with Crippen molar-refractivity contribution in [3.63, 3.8) is 0 Å². The van der Waals surface area contributed by atoms with Gasteiger partial charge in [-0.2, -0.15) is 0 Å². The van der Waals surface area contributed by atoms with Crippen LogP contribution in [0.15, 0.2) is 54.6 Å². The van der Waals surface area contributed by atoms with Gasteiger partial charge < -0.3 is 15.1 Å². The van der Waals surface area contributed by atoms with Gasteiger partial charge in [-0.3, -0.25) is 4.79 Å². The number of nitrogens with zero attached hydrogens (tertiary/aromatic N) is 1. The number of carboxylic acids is 2. The number of para-hydroxylation sites is 2. The average molecular weight is 283 g/mol. The van der Waals surface area contributed by atoms with Gasteiger partial charge in [0, 0.05) is 11.4 Å². The van der Waals surface area contributed by atoms with Crippen LogP contribution in [0.1, 0.15) is 11.5 Å². The van der Waals surface area contributed by atoms with Gasteiger partial charge in [-0.15, -0.1) is 0 Å². The van der Waals surface area contributed by atoms with Gasteiger partial charge in [-0.05, 0) is 23.8 Å². The molecule has 2 atom stereocenters. The van der Waals surface area contributed by atoms with Crippen molar-refractivity contribution in [2.45, 2.75) is 12.0 Å². The fourth-order valence-corrected chi connectivity index (χ4v) is 2.85. The Morgan fingerprint density at radius 1 is 0.857 bits per heavy atom. The summed E-state index contributed by atoms with van der Waals surface area (Å²) >= 11 is 0. The van der Waals surface area contributed by atoms with Crippen molar-refractivity contribution in [2.75, 3.05) is 4.90 Å². The smallest absolute Gasteiger partial charge is 0.327 e. The fourth-order valence-electron chi connectivity index (χ4n) is 2.85. The predicted molar refractivity (Wildman–Crippen MR) is 76.8 cm³/mol. The molecule has 2 unspecified atom stereocenters. The summed E-state index contributed by atoms with van der Waals surface area (Å²) in [5.74, 6) is -3.37. The van der Waals surface area contributed by atoms with E-state index in [1.807, 2.05) is 6.07 Å². The number of hydrogen-bond donors (Lipinski definition) is 2. The highest BCUT2D eigenvalue weighted by molar-refractivity contribution is 5.97. The molecule has 2 aromatic rings. The zero-order valence-electron chi connectivity index (χ0n) is 11.0. The van der Waals surface area contributed by atoms with Gasteiger partial charge in [0.15, 0.2) is 0 Å². The molecule has 3 rings (SSSR count). The Kier molecular flexibility index (Phi) is 3.10. The minimum atomic E-state index is -1.15. The van der Waals surface area contributed by atoms with Crippen LogP contribution in [0, 0.1) is 0 Å². The molecule has 0 aromatic heterocycles. The third kappa shape index (κ3) is 2.03. The van der Waals surface area contributed by atoms with E-state index in [0.717, 1.165) is 0 Å². The SMILES string of the molecule is O=C(O)C1c2ccccc2N(c2ccccc2)C1C(=O)O. The molecule has 1 aliphatic heterocycles. The molecule has 1 heterocycles. The molecule has 0 aliphatic carbocycles. The van der Waals surface area contributed by atoms with Crippen LogP contribution in [-0.2, 0) is 9.59 Å². The molecule has 106 valence electrons. The second kappa shape index (κ2) is 4.94. The van der Waals surface area contributed by atoms with E-state index in [1.54, 1.807) is 53.4 Å². The second-order valence-corrected chi connectivity index (χ2v) is 4.86. The van der Waals surface area contributed by atoms with Crippen LogP contribution in [-0.4, -0.2) is 28.2 Å². The van der Waals surface area contributed by atoms with Gasteiger partial charge in [-0.1, -0.05) is 36.4 Å². The summed E-state index contributed by atoms with van der Waals surface area (Å²) in [6, 6.07) is 14.7. The van der Waals surface area contributed by atoms with Gasteiger partial charge >= 0.3 is 11.9 Å². The van der Waals surface area contributed by atoms with Crippen LogP contribution in [0.2, 0.25) is 0 Å². The summed E-state index contributed by atoms with van der Waals surface area (Å²) in [5.41, 5.74) is 1.82. The number of anilines is 2. The molecular weight excluding hydrogens is 270 g/mol. The lowest BCUT2D eigenvalue weighted by Crippen LogP contribution is -2.40. The molecule has 5 heteroatoms. The summed E-state index contributed by atoms with van der Waals surface area (Å²) in [6.45, 7) is 0. The number of carbonyl (C=O) groups is 2. The highest BCUT2D eigenvalue weighted by Crippen LogP contribution is 2.45. The maximum absolute atomic E-state index is 11.7. The standard InChI is InChI=1S/C16H13NO4/c18-15(19)13-11-8-4-5-9-12(11)17(14(13)16(20)21)10-6-2-1-3-7-10/h1-9,13-14H,(H,18,19)(H,20,21). The van der Waals surface area contributed by atoms with E-state index in [-0.39, 0.29) is 0 Å². The van der Waals surface area contributed by atoms with Crippen molar-refractivity contribution in [3.8, 4) is 0 Å². The van der Waals surface area contributed by atoms with Gasteiger partial charge in [0.2, 0.25) is 0 Å². The van der Waals surface area contributed by atoms with E-state index in [2.05, 4.69) is 0 Å². The lowest BCUT2D eigenvalue weighted by Gasteiger charge is -2.26. The van der Waals surface area contributed by atoms with E-state index >= 15 is 0 Å². The minimum Gasteiger partial charge on any atom is -0.481 e. The molecule has 2 aromatic carbocycles. The largest absolute Gasteiger partial charge is 0.481 e. The highest BCUT2D eigenvalue weighted by atomic mass is 16.4. The van der Waals surface area contributed by atoms with E-state index in [1.165, 1.54) is 0 Å². The van der Waals surface area contributed by atoms with Crippen molar-refractivity contribution < 1.29 is 19.8 Å². The summed E-state index contributed by atoms with van der Waals surface area (Å²) in [5, 5.41) is 19.0. The molecule has 0 bridgehead atoms. The molecule has 0 saturated heterocycles. The molecule has 1 aliphatic rings. The first-order valence-electron chi connectivity index (χ1n) is 6.50. The molecule has 0 fully saturated rings. The van der Waals surface area contributed by atoms with Crippen LogP contribution >= 0.6 is 0 Å². The second-order valence-electron chi connectivity index (χ2n) is 4.86. The van der Waals surface area contributed by atoms with E-state index in [4.69, 9.17) is 0 Å². The first-order valence-corrected chi connectivity index (χ1v) is 6.50. The molecule has 2 N–H and O–H groups in total. The number of hydrogen-bond acceptors (Lipinski definition) is 3. The molecular formula is C16H13NO4. The summed E-state index contributed by atoms with van der Waals surface area (Å²) < 4.78 is 0. The van der Waals surface area contributed by atoms with Crippen molar-refractivity contribution in [2.24, 2.45) is 0 Å². The van der Waals surface area contributed by atoms with Crippen LogP contribution in [0.5, 0.6) is 0 Å². The van der Waals surface area contributed by atoms with Gasteiger partial charge in [0.05, 0.1) is 0 Å². The lowest BCUT2D eigenvalue weighted by molar-refractivity contribution is -0.146. The van der Waals surface area contributed by atoms with Gasteiger partial charge in [-0.25, -0.2) is 4.79 Å². The number of carboxylic acid groups (broad SMARTS) is 2. The van der Waals surface area contributed by atoms with E-state index < -0.39 is 23.9 Å². The predicted octanol–water partition coefficient (Wildman–Crippen LogP) is 2.46. The maximum Gasteiger partial charge on any atom is 0.327 e. The summed E-state index contributed by atoms with van der Waals surface area (Å²) in [6.07, 6.45) is 0. The first kappa shape index (κ1) is 13.2. The number of aliphatic carboxylic acids is 2. The van der Waals surface area contributed by atoms with Crippen molar-refractivity contribution in [1.29, 1.82) is 0 Å². The third-order valence-corrected chi connectivity index (χ3v) is 3.68. The Morgan fingerprint density at radius 2 is 1.48 bits per heavy atom. The Labute approximate surface area is 121 Å². The molecule has 0 spiro atoms. The summed E-state index contributed by atoms with van der Waals surface area (Å²) in [7, 11) is 0. The van der Waals surface area contributed by atoms with Gasteiger partial charge in [0.25, 0.3) is 0 Å². The normalized spacial score (nSPS) is 20.1. The Morgan fingerprint density at radius 3 is 2.10 bits per heavy atom. The highest BCUT2D eigenvalue weighted by Gasteiger charge is 2.47. The Balaban J connectivity index is 2.22. The molecule has 5 nitrogen and oxygen atoms in total. The number of benzene rings is 2. The average Bonchev–Trinajstić information content (AvgIpc) is 2.83. The monoisotopic (exact) mass is 283 g/mol. The van der Waals surface area contributed by atoms with Crippen LogP contribution < -0.4 is 4.90 Å². The zero-order valence-corrected chi connectivity index (χ0v) is 11.0. The van der Waals surface area contributed by atoms with Crippen LogP contribution in [0.3, 0.4) is 0 Å². The van der Waals surface area contributed by atoms with E-state index in [0.29, 0.717) is 16.9 Å². The Bertz CT molecular complexity index is 698. The zero-order chi connectivity index (χ0) is 15.0. The first-order chi connectivity index (χ1) is 10.1. The van der Waals surface area contributed by atoms with Gasteiger partial charge in [0.1, 0.15) is 12.0 Å². The molecule has 0 amide bonds. The molecule has 0 radical (unpaired) electrons.